The third-order valence-electron chi connectivity index (χ3n) is 4.58. The predicted molar refractivity (Wildman–Crippen MR) is 80.7 cm³/mol. The van der Waals surface area contributed by atoms with Crippen molar-refractivity contribution in [3.8, 4) is 0 Å². The molecule has 0 aromatic rings. The summed E-state index contributed by atoms with van der Waals surface area (Å²) in [4.78, 5) is 0. The first-order chi connectivity index (χ1) is 7.43. The van der Waals surface area contributed by atoms with E-state index in [1.54, 1.807) is 12.1 Å². The van der Waals surface area contributed by atoms with Gasteiger partial charge >= 0.3 is 0 Å². The largest absolute Gasteiger partial charge is 0.316 e. The van der Waals surface area contributed by atoms with Crippen molar-refractivity contribution in [2.75, 3.05) is 6.54 Å². The lowest BCUT2D eigenvalue weighted by molar-refractivity contribution is 0.741. The average Bonchev–Trinajstić information content (AvgIpc) is 2.72. The van der Waals surface area contributed by atoms with Gasteiger partial charge in [0.05, 0.1) is 8.07 Å². The molecule has 1 rings (SSSR count). The first kappa shape index (κ1) is 14.5. The van der Waals surface area contributed by atoms with E-state index < -0.39 is 16.1 Å². The summed E-state index contributed by atoms with van der Waals surface area (Å²) in [6, 6.07) is 6.13. The Bertz CT molecular complexity index is 200. The molecule has 1 saturated heterocycles. The second-order valence-corrected chi connectivity index (χ2v) is 17.7. The summed E-state index contributed by atoms with van der Waals surface area (Å²) in [6.07, 6.45) is 2.89. The van der Waals surface area contributed by atoms with Crippen LogP contribution < -0.4 is 5.32 Å². The molecule has 0 saturated carbocycles. The molecule has 0 aromatic heterocycles. The molecule has 3 heteroatoms. The Balaban J connectivity index is 2.63. The topological polar surface area (TPSA) is 12.0 Å². The van der Waals surface area contributed by atoms with E-state index in [0.29, 0.717) is 0 Å². The fraction of sp³-hybridized carbons (Fsp3) is 1.00. The quantitative estimate of drug-likeness (QED) is 0.706. The van der Waals surface area contributed by atoms with Gasteiger partial charge < -0.3 is 5.32 Å². The van der Waals surface area contributed by atoms with E-state index in [-0.39, 0.29) is 0 Å². The molecule has 0 bridgehead atoms. The van der Waals surface area contributed by atoms with Gasteiger partial charge in [-0.25, -0.2) is 0 Å². The van der Waals surface area contributed by atoms with Crippen LogP contribution in [0.25, 0.3) is 0 Å². The minimum Gasteiger partial charge on any atom is -0.316 e. The van der Waals surface area contributed by atoms with Crippen molar-refractivity contribution in [3.63, 3.8) is 0 Å². The van der Waals surface area contributed by atoms with E-state index in [2.05, 4.69) is 38.8 Å². The number of hydrogen-bond donors (Lipinski definition) is 1. The standard InChI is InChI=1S/C13H31NSi2/c1-6-16(7-2,12-11-15(3,4)5)13-9-8-10-14-13/h13-14H,6-12H2,1-5H3. The van der Waals surface area contributed by atoms with Crippen molar-refractivity contribution >= 4 is 16.1 Å². The summed E-state index contributed by atoms with van der Waals surface area (Å²) in [7, 11) is -1.84. The summed E-state index contributed by atoms with van der Waals surface area (Å²) in [5.41, 5.74) is 0.943. The first-order valence-electron chi connectivity index (χ1n) is 7.17. The smallest absolute Gasteiger partial charge is 0.0718 e. The van der Waals surface area contributed by atoms with Crippen LogP contribution in [-0.4, -0.2) is 28.4 Å². The van der Waals surface area contributed by atoms with Crippen LogP contribution in [0.1, 0.15) is 26.7 Å². The number of nitrogens with one attached hydrogen (secondary N) is 1. The Morgan fingerprint density at radius 2 is 1.69 bits per heavy atom. The third-order valence-corrected chi connectivity index (χ3v) is 12.9. The van der Waals surface area contributed by atoms with Crippen LogP contribution in [0, 0.1) is 0 Å². The second kappa shape index (κ2) is 5.83. The van der Waals surface area contributed by atoms with Crippen LogP contribution in [0.3, 0.4) is 0 Å². The van der Waals surface area contributed by atoms with Crippen LogP contribution in [-0.2, 0) is 0 Å². The molecule has 1 unspecified atom stereocenters. The molecule has 0 aromatic carbocycles. The van der Waals surface area contributed by atoms with Crippen LogP contribution in [0.2, 0.25) is 43.8 Å². The highest BCUT2D eigenvalue weighted by Crippen LogP contribution is 2.32. The van der Waals surface area contributed by atoms with Crippen molar-refractivity contribution in [2.24, 2.45) is 0 Å². The summed E-state index contributed by atoms with van der Waals surface area (Å²) in [5.74, 6) is 0. The van der Waals surface area contributed by atoms with Gasteiger partial charge in [0.25, 0.3) is 0 Å². The lowest BCUT2D eigenvalue weighted by Crippen LogP contribution is -2.52. The summed E-state index contributed by atoms with van der Waals surface area (Å²) in [5, 5.41) is 3.81. The Morgan fingerprint density at radius 1 is 1.06 bits per heavy atom. The molecule has 1 fully saturated rings. The molecule has 96 valence electrons. The summed E-state index contributed by atoms with van der Waals surface area (Å²) >= 11 is 0. The van der Waals surface area contributed by atoms with Gasteiger partial charge in [-0.3, -0.25) is 0 Å². The maximum atomic E-state index is 3.81. The molecule has 1 nitrogen and oxygen atoms in total. The second-order valence-electron chi connectivity index (χ2n) is 6.78. The van der Waals surface area contributed by atoms with Gasteiger partial charge in [-0.1, -0.05) is 57.7 Å². The van der Waals surface area contributed by atoms with Crippen molar-refractivity contribution in [3.05, 3.63) is 0 Å². The normalized spacial score (nSPS) is 22.7. The zero-order chi connectivity index (χ0) is 12.2. The van der Waals surface area contributed by atoms with Crippen molar-refractivity contribution < 1.29 is 0 Å². The Hall–Kier alpha value is 0.394. The van der Waals surface area contributed by atoms with Gasteiger partial charge in [-0.2, -0.15) is 0 Å². The van der Waals surface area contributed by atoms with E-state index >= 15 is 0 Å². The lowest BCUT2D eigenvalue weighted by atomic mass is 10.4. The summed E-state index contributed by atoms with van der Waals surface area (Å²) in [6.45, 7) is 13.8. The molecular formula is C13H31NSi2. The summed E-state index contributed by atoms with van der Waals surface area (Å²) < 4.78 is 0. The maximum absolute atomic E-state index is 3.81. The van der Waals surface area contributed by atoms with Crippen molar-refractivity contribution in [1.29, 1.82) is 0 Å². The van der Waals surface area contributed by atoms with Crippen LogP contribution >= 0.6 is 0 Å². The molecule has 1 atom stereocenters. The molecule has 0 amide bonds. The zero-order valence-corrected chi connectivity index (χ0v) is 14.0. The molecule has 1 aliphatic heterocycles. The molecule has 1 heterocycles. The van der Waals surface area contributed by atoms with Crippen LogP contribution in [0.15, 0.2) is 0 Å². The highest BCUT2D eigenvalue weighted by molar-refractivity contribution is 6.84. The molecular weight excluding hydrogens is 226 g/mol. The van der Waals surface area contributed by atoms with Gasteiger partial charge in [0.2, 0.25) is 0 Å². The zero-order valence-electron chi connectivity index (χ0n) is 12.0. The van der Waals surface area contributed by atoms with E-state index in [4.69, 9.17) is 0 Å². The Morgan fingerprint density at radius 3 is 2.06 bits per heavy atom. The van der Waals surface area contributed by atoms with E-state index in [1.165, 1.54) is 31.5 Å². The van der Waals surface area contributed by atoms with Gasteiger partial charge in [-0.05, 0) is 19.4 Å². The minimum atomic E-state index is -0.997. The van der Waals surface area contributed by atoms with E-state index in [0.717, 1.165) is 5.67 Å². The highest BCUT2D eigenvalue weighted by Gasteiger charge is 2.39. The fourth-order valence-electron chi connectivity index (χ4n) is 3.10. The van der Waals surface area contributed by atoms with Gasteiger partial charge in [-0.15, -0.1) is 0 Å². The predicted octanol–water partition coefficient (Wildman–Crippen LogP) is 4.10. The monoisotopic (exact) mass is 257 g/mol. The fourth-order valence-corrected chi connectivity index (χ4v) is 12.0. The van der Waals surface area contributed by atoms with Crippen LogP contribution in [0.5, 0.6) is 0 Å². The van der Waals surface area contributed by atoms with Gasteiger partial charge in [0.1, 0.15) is 0 Å². The van der Waals surface area contributed by atoms with Crippen LogP contribution in [0.4, 0.5) is 0 Å². The Kier molecular flexibility index (Phi) is 5.26. The highest BCUT2D eigenvalue weighted by atomic mass is 28.3. The molecule has 0 aliphatic carbocycles. The van der Waals surface area contributed by atoms with E-state index in [9.17, 15) is 0 Å². The van der Waals surface area contributed by atoms with Gasteiger partial charge in [0, 0.05) is 13.7 Å². The van der Waals surface area contributed by atoms with Crippen molar-refractivity contribution in [1.82, 2.24) is 5.32 Å². The van der Waals surface area contributed by atoms with E-state index in [1.807, 2.05) is 0 Å². The average molecular weight is 258 g/mol. The number of hydrogen-bond acceptors (Lipinski definition) is 1. The number of rotatable bonds is 6. The molecule has 0 spiro atoms. The van der Waals surface area contributed by atoms with Gasteiger partial charge in [0.15, 0.2) is 0 Å². The maximum Gasteiger partial charge on any atom is 0.0718 e. The SMILES string of the molecule is CC[Si](CC)(CC[Si](C)(C)C)C1CCCN1. The molecule has 16 heavy (non-hydrogen) atoms. The minimum absolute atomic E-state index is 0.844. The molecule has 1 N–H and O–H groups in total. The third kappa shape index (κ3) is 3.71. The van der Waals surface area contributed by atoms with Crippen molar-refractivity contribution in [2.45, 2.75) is 76.2 Å². The lowest BCUT2D eigenvalue weighted by Gasteiger charge is -2.37. The Labute approximate surface area is 104 Å². The first-order valence-corrected chi connectivity index (χ1v) is 13.6. The molecule has 1 aliphatic rings. The molecule has 0 radical (unpaired) electrons.